The molecule has 1 aliphatic carbocycles. The molecule has 3 aromatic carbocycles. The summed E-state index contributed by atoms with van der Waals surface area (Å²) in [5, 5.41) is 4.85. The third-order valence-corrected chi connectivity index (χ3v) is 12.3. The Bertz CT molecular complexity index is 2720. The first-order valence-corrected chi connectivity index (χ1v) is 24.9. The van der Waals surface area contributed by atoms with Crippen LogP contribution in [0.3, 0.4) is 0 Å². The number of rotatable bonds is 21. The Balaban J connectivity index is 1.03. The molecule has 6 rings (SSSR count). The summed E-state index contributed by atoms with van der Waals surface area (Å²) in [5.41, 5.74) is 4.37. The highest BCUT2D eigenvalue weighted by Gasteiger charge is 2.44. The number of nitrogens with one attached hydrogen (secondary N) is 3. The zero-order chi connectivity index (χ0) is 49.2. The fourth-order valence-electron chi connectivity index (χ4n) is 6.75. The minimum absolute atomic E-state index is 0.00403. The number of carbonyl (C=O) groups excluding carboxylic acids is 3. The average Bonchev–Trinajstić information content (AvgIpc) is 3.67. The van der Waals surface area contributed by atoms with Crippen molar-refractivity contribution in [2.45, 2.75) is 57.6 Å². The summed E-state index contributed by atoms with van der Waals surface area (Å²) in [6, 6.07) is 17.8. The lowest BCUT2D eigenvalue weighted by Crippen LogP contribution is -2.33. The van der Waals surface area contributed by atoms with Gasteiger partial charge in [0.15, 0.2) is 0 Å². The molecule has 2 unspecified atom stereocenters. The van der Waals surface area contributed by atoms with Crippen LogP contribution in [0.2, 0.25) is 0 Å². The number of ketones is 1. The molecule has 2 heterocycles. The number of amides is 2. The zero-order valence-electron chi connectivity index (χ0n) is 35.4. The number of hydrogen-bond donors (Lipinski definition) is 8. The third-order valence-electron chi connectivity index (χ3n) is 9.65. The summed E-state index contributed by atoms with van der Waals surface area (Å²) in [7, 11) is -15.8. The maximum atomic E-state index is 12.9. The molecular formula is C38H42N4O22P4. The van der Waals surface area contributed by atoms with Crippen molar-refractivity contribution >= 4 is 62.6 Å². The minimum atomic E-state index is -5.20. The van der Waals surface area contributed by atoms with Gasteiger partial charge in [0.2, 0.25) is 0 Å². The van der Waals surface area contributed by atoms with E-state index < -0.39 is 87.7 Å². The normalized spacial score (nSPS) is 17.7. The van der Waals surface area contributed by atoms with Crippen molar-refractivity contribution in [2.75, 3.05) is 19.0 Å². The highest BCUT2D eigenvalue weighted by atomic mass is 31.2. The van der Waals surface area contributed by atoms with Gasteiger partial charge in [-0.25, -0.2) is 23.5 Å². The lowest BCUT2D eigenvalue weighted by molar-refractivity contribution is -0.202. The van der Waals surface area contributed by atoms with Gasteiger partial charge in [-0.3, -0.25) is 43.3 Å². The van der Waals surface area contributed by atoms with Gasteiger partial charge in [-0.05, 0) is 71.4 Å². The number of carbonyl (C=O) groups is 3. The predicted molar refractivity (Wildman–Crippen MR) is 233 cm³/mol. The highest BCUT2D eigenvalue weighted by molar-refractivity contribution is 7.49. The van der Waals surface area contributed by atoms with Crippen LogP contribution < -0.4 is 26.6 Å². The monoisotopic (exact) mass is 1030 g/mol. The second kappa shape index (κ2) is 23.6. The third kappa shape index (κ3) is 15.3. The summed E-state index contributed by atoms with van der Waals surface area (Å²) in [5.74, 6) is 0.0925. The summed E-state index contributed by atoms with van der Waals surface area (Å²) < 4.78 is 73.2. The zero-order valence-corrected chi connectivity index (χ0v) is 39.0. The molecule has 0 spiro atoms. The van der Waals surface area contributed by atoms with Crippen molar-refractivity contribution in [1.82, 2.24) is 14.9 Å². The molecule has 366 valence electrons. The second-order valence-electron chi connectivity index (χ2n) is 14.5. The molecule has 1 saturated heterocycles. The molecule has 2 aliphatic rings. The Morgan fingerprint density at radius 3 is 2.24 bits per heavy atom. The topological polar surface area (TPSA) is 358 Å². The van der Waals surface area contributed by atoms with E-state index in [1.165, 1.54) is 29.8 Å². The molecular weight excluding hydrogens is 988 g/mol. The molecule has 0 bridgehead atoms. The SMILES string of the molecule is COP(=O)(O)OC1C[C@H](n2cc(/C=C\NC(=O)Oc3cccc(NC(=O)OCc4ccc5c(c4)Cc4cc(CC(C)=O)ccc4C5)c3)c(=O)[nH]c2=O)O[C@@H]1COP(=O)(OOP(O)O)OOP(O)O. The Kier molecular flexibility index (Phi) is 18.2. The van der Waals surface area contributed by atoms with Crippen molar-refractivity contribution < 1.29 is 94.5 Å². The maximum Gasteiger partial charge on any atom is 0.530 e. The molecule has 8 N–H and O–H groups in total. The Morgan fingerprint density at radius 2 is 1.57 bits per heavy atom. The Labute approximate surface area is 386 Å². The van der Waals surface area contributed by atoms with Crippen LogP contribution in [0.25, 0.3) is 6.08 Å². The number of ether oxygens (including phenoxy) is 3. The predicted octanol–water partition coefficient (Wildman–Crippen LogP) is 4.53. The molecule has 1 aliphatic heterocycles. The maximum absolute atomic E-state index is 12.9. The number of phosphoric acid groups is 2. The van der Waals surface area contributed by atoms with E-state index >= 15 is 0 Å². The Hall–Kier alpha value is -4.91. The van der Waals surface area contributed by atoms with Gasteiger partial charge in [0, 0.05) is 44.1 Å². The van der Waals surface area contributed by atoms with Gasteiger partial charge in [0.05, 0.1) is 12.2 Å². The molecule has 30 heteroatoms. The van der Waals surface area contributed by atoms with Crippen LogP contribution in [0.4, 0.5) is 15.3 Å². The van der Waals surface area contributed by atoms with Gasteiger partial charge < -0.3 is 38.7 Å². The van der Waals surface area contributed by atoms with Crippen molar-refractivity contribution in [3.63, 3.8) is 0 Å². The lowest BCUT2D eigenvalue weighted by Gasteiger charge is -2.22. The van der Waals surface area contributed by atoms with E-state index in [1.54, 1.807) is 6.92 Å². The molecule has 0 radical (unpaired) electrons. The van der Waals surface area contributed by atoms with Gasteiger partial charge >= 0.3 is 50.7 Å². The molecule has 4 atom stereocenters. The van der Waals surface area contributed by atoms with Gasteiger partial charge in [-0.2, -0.15) is 0 Å². The highest BCUT2D eigenvalue weighted by Crippen LogP contribution is 2.55. The second-order valence-corrected chi connectivity index (χ2v) is 18.8. The van der Waals surface area contributed by atoms with E-state index in [0.717, 1.165) is 64.4 Å². The van der Waals surface area contributed by atoms with Crippen molar-refractivity contribution in [3.8, 4) is 5.75 Å². The summed E-state index contributed by atoms with van der Waals surface area (Å²) in [6.45, 7) is 0.545. The first-order chi connectivity index (χ1) is 32.3. The van der Waals surface area contributed by atoms with Crippen LogP contribution in [0.5, 0.6) is 5.75 Å². The number of nitrogens with zero attached hydrogens (tertiary/aromatic N) is 1. The molecule has 1 fully saturated rings. The lowest BCUT2D eigenvalue weighted by atomic mass is 9.84. The molecule has 1 aromatic heterocycles. The number of phosphoric ester groups is 1. The van der Waals surface area contributed by atoms with Crippen LogP contribution in [-0.4, -0.2) is 77.9 Å². The van der Waals surface area contributed by atoms with Gasteiger partial charge in [0.25, 0.3) is 5.56 Å². The quantitative estimate of drug-likeness (QED) is 0.0284. The largest absolute Gasteiger partial charge is 0.530 e. The summed E-state index contributed by atoms with van der Waals surface area (Å²) in [6.07, 6.45) is -1.88. The number of Topliss-reactive ketones (excluding diaryl/α,β-unsaturated/α-hetero) is 1. The number of benzene rings is 3. The molecule has 68 heavy (non-hydrogen) atoms. The van der Waals surface area contributed by atoms with E-state index in [0.29, 0.717) is 12.8 Å². The minimum Gasteiger partial charge on any atom is -0.444 e. The molecule has 26 nitrogen and oxygen atoms in total. The number of hydrogen-bond acceptors (Lipinski definition) is 21. The number of anilines is 1. The van der Waals surface area contributed by atoms with E-state index in [2.05, 4.69) is 46.0 Å². The summed E-state index contributed by atoms with van der Waals surface area (Å²) >= 11 is 0. The number of H-pyrrole nitrogens is 1. The average molecular weight is 1030 g/mol. The smallest absolute Gasteiger partial charge is 0.444 e. The van der Waals surface area contributed by atoms with Crippen molar-refractivity contribution in [3.05, 3.63) is 133 Å². The van der Waals surface area contributed by atoms with Gasteiger partial charge in [-0.1, -0.05) is 42.5 Å². The molecule has 0 saturated carbocycles. The van der Waals surface area contributed by atoms with Gasteiger partial charge in [-0.15, -0.1) is 18.7 Å². The van der Waals surface area contributed by atoms with Crippen LogP contribution in [0, 0.1) is 0 Å². The Morgan fingerprint density at radius 1 is 0.912 bits per heavy atom. The van der Waals surface area contributed by atoms with Crippen molar-refractivity contribution in [1.29, 1.82) is 0 Å². The number of aromatic nitrogens is 2. The first kappa shape index (κ1) is 52.5. The molecule has 2 amide bonds. The standard InChI is InChI=1S/C38H42N4O22P4/c1-22(43)12-23-6-8-25-15-26-9-7-24(14-29(26)16-28(25)13-23)20-56-38(47)40-30-4-3-5-31(17-30)58-37(46)39-11-10-27-19-42(36(45)41-35(27)44)34-18-32(60-67(52,53)55-2)33(59-34)21-57-68(54,63-61-65(48)49)64-62-66(50)51/h3-11,13-14,17,19,32-34,48-51H,12,15-16,18,20-21H2,1-2H3,(H,39,46)(H,40,47)(H,52,53)(H,41,44,45)/b11-10-/t32?,33-,34-/m1/s1. The molecule has 4 aromatic rings. The summed E-state index contributed by atoms with van der Waals surface area (Å²) in [4.78, 5) is 110. The fourth-order valence-corrected chi connectivity index (χ4v) is 8.97. The fraction of sp³-hybridized carbons (Fsp3) is 0.289. The van der Waals surface area contributed by atoms with E-state index in [1.807, 2.05) is 29.2 Å². The van der Waals surface area contributed by atoms with E-state index in [-0.39, 0.29) is 29.4 Å². The van der Waals surface area contributed by atoms with Crippen LogP contribution in [0.15, 0.2) is 82.6 Å². The number of aromatic amines is 1. The van der Waals surface area contributed by atoms with Crippen LogP contribution >= 0.6 is 32.9 Å². The van der Waals surface area contributed by atoms with E-state index in [4.69, 9.17) is 42.8 Å². The van der Waals surface area contributed by atoms with E-state index in [9.17, 15) is 38.0 Å². The first-order valence-electron chi connectivity index (χ1n) is 19.6. The number of fused-ring (bicyclic) bond motifs is 2. The van der Waals surface area contributed by atoms with Crippen molar-refractivity contribution in [2.24, 2.45) is 0 Å². The van der Waals surface area contributed by atoms with Crippen LogP contribution in [-0.2, 0) is 81.5 Å². The van der Waals surface area contributed by atoms with Crippen LogP contribution in [0.1, 0.15) is 58.5 Å². The van der Waals surface area contributed by atoms with Gasteiger partial charge in [0.1, 0.15) is 36.6 Å².